The van der Waals surface area contributed by atoms with E-state index in [1.54, 1.807) is 0 Å². The summed E-state index contributed by atoms with van der Waals surface area (Å²) in [6.45, 7) is 9.81. The zero-order chi connectivity index (χ0) is 19.4. The molecule has 5 rings (SSSR count). The molecule has 0 saturated heterocycles. The molecule has 0 unspecified atom stereocenters. The van der Waals surface area contributed by atoms with Gasteiger partial charge in [-0.25, -0.2) is 4.98 Å². The molecule has 4 nitrogen and oxygen atoms in total. The van der Waals surface area contributed by atoms with Gasteiger partial charge in [-0.05, 0) is 51.5 Å². The average Bonchev–Trinajstić information content (AvgIpc) is 3.05. The van der Waals surface area contributed by atoms with Gasteiger partial charge in [-0.1, -0.05) is 30.3 Å². The number of hydrogen-bond donors (Lipinski definition) is 0. The monoisotopic (exact) mass is 371 g/mol. The summed E-state index contributed by atoms with van der Waals surface area (Å²) in [6, 6.07) is 17.6. The van der Waals surface area contributed by atoms with E-state index >= 15 is 0 Å². The Morgan fingerprint density at radius 1 is 1.04 bits per heavy atom. The first-order valence-corrected chi connectivity index (χ1v) is 9.98. The minimum atomic E-state index is 0.371. The summed E-state index contributed by atoms with van der Waals surface area (Å²) >= 11 is 0. The number of rotatable bonds is 2. The predicted octanol–water partition coefficient (Wildman–Crippen LogP) is 6.04. The van der Waals surface area contributed by atoms with Crippen LogP contribution in [0.15, 0.2) is 59.1 Å². The number of pyridine rings is 1. The molecule has 0 amide bonds. The van der Waals surface area contributed by atoms with Crippen LogP contribution in [0.2, 0.25) is 0 Å². The predicted molar refractivity (Wildman–Crippen MR) is 117 cm³/mol. The third kappa shape index (κ3) is 2.40. The molecular weight excluding hydrogens is 346 g/mol. The molecule has 0 spiro atoms. The first kappa shape index (κ1) is 17.1. The second-order valence-electron chi connectivity index (χ2n) is 8.01. The molecule has 4 aromatic rings. The van der Waals surface area contributed by atoms with Crippen molar-refractivity contribution < 1.29 is 4.42 Å². The van der Waals surface area contributed by atoms with Gasteiger partial charge in [-0.2, -0.15) is 0 Å². The Kier molecular flexibility index (Phi) is 3.83. The van der Waals surface area contributed by atoms with E-state index in [0.717, 1.165) is 40.0 Å². The first-order chi connectivity index (χ1) is 13.6. The van der Waals surface area contributed by atoms with Crippen LogP contribution in [-0.2, 0) is 0 Å². The normalized spacial score (nSPS) is 17.0. The van der Waals surface area contributed by atoms with Crippen molar-refractivity contribution in [3.63, 3.8) is 0 Å². The largest absolute Gasteiger partial charge is 0.454 e. The van der Waals surface area contributed by atoms with Gasteiger partial charge in [0.25, 0.3) is 0 Å². The summed E-state index contributed by atoms with van der Waals surface area (Å²) in [5.74, 6) is 1.00. The van der Waals surface area contributed by atoms with Gasteiger partial charge in [-0.15, -0.1) is 0 Å². The Balaban J connectivity index is 1.78. The maximum absolute atomic E-state index is 6.36. The van der Waals surface area contributed by atoms with Gasteiger partial charge in [0.2, 0.25) is 0 Å². The number of para-hydroxylation sites is 1. The Morgan fingerprint density at radius 3 is 2.68 bits per heavy atom. The Hall–Kier alpha value is -3.01. The van der Waals surface area contributed by atoms with Crippen molar-refractivity contribution in [2.45, 2.75) is 39.8 Å². The molecule has 142 valence electrons. The van der Waals surface area contributed by atoms with Gasteiger partial charge in [-0.3, -0.25) is 0 Å². The van der Waals surface area contributed by atoms with Crippen LogP contribution < -0.4 is 9.80 Å². The van der Waals surface area contributed by atoms with Crippen LogP contribution in [0.5, 0.6) is 0 Å². The fourth-order valence-electron chi connectivity index (χ4n) is 4.67. The molecular formula is C24H25N3O. The summed E-state index contributed by atoms with van der Waals surface area (Å²) in [5.41, 5.74) is 5.39. The van der Waals surface area contributed by atoms with Gasteiger partial charge in [0.15, 0.2) is 11.4 Å². The lowest BCUT2D eigenvalue weighted by Crippen LogP contribution is -2.49. The maximum atomic E-state index is 6.36. The van der Waals surface area contributed by atoms with Gasteiger partial charge in [0.1, 0.15) is 5.58 Å². The number of aromatic nitrogens is 1. The number of furan rings is 1. The number of fused-ring (bicyclic) bond motifs is 4. The highest BCUT2D eigenvalue weighted by Crippen LogP contribution is 2.44. The van der Waals surface area contributed by atoms with E-state index < -0.39 is 0 Å². The number of benzene rings is 2. The summed E-state index contributed by atoms with van der Waals surface area (Å²) in [5, 5.41) is 2.32. The molecule has 0 bridgehead atoms. The smallest absolute Gasteiger partial charge is 0.159 e. The molecule has 1 atom stereocenters. The van der Waals surface area contributed by atoms with Gasteiger partial charge in [0, 0.05) is 35.6 Å². The van der Waals surface area contributed by atoms with Crippen LogP contribution >= 0.6 is 0 Å². The zero-order valence-corrected chi connectivity index (χ0v) is 16.8. The molecule has 1 aliphatic heterocycles. The van der Waals surface area contributed by atoms with E-state index in [1.165, 1.54) is 11.3 Å². The maximum Gasteiger partial charge on any atom is 0.159 e. The summed E-state index contributed by atoms with van der Waals surface area (Å²) < 4.78 is 6.36. The highest BCUT2D eigenvalue weighted by atomic mass is 16.3. The van der Waals surface area contributed by atoms with Crippen LogP contribution in [-0.4, -0.2) is 23.6 Å². The van der Waals surface area contributed by atoms with Crippen LogP contribution in [0.1, 0.15) is 26.3 Å². The Morgan fingerprint density at radius 2 is 1.86 bits per heavy atom. The van der Waals surface area contributed by atoms with E-state index in [0.29, 0.717) is 12.1 Å². The fourth-order valence-corrected chi connectivity index (χ4v) is 4.67. The van der Waals surface area contributed by atoms with Crippen LogP contribution in [0.4, 0.5) is 17.2 Å². The molecule has 0 fully saturated rings. The van der Waals surface area contributed by atoms with E-state index in [2.05, 4.69) is 67.8 Å². The first-order valence-electron chi connectivity index (χ1n) is 9.98. The molecule has 2 aromatic heterocycles. The number of nitrogens with zero attached hydrogens (tertiary/aromatic N) is 3. The molecule has 0 radical (unpaired) electrons. The van der Waals surface area contributed by atoms with Crippen molar-refractivity contribution >= 4 is 39.1 Å². The Labute approximate surface area is 165 Å². The fraction of sp³-hybridized carbons (Fsp3) is 0.292. The quantitative estimate of drug-likeness (QED) is 0.430. The van der Waals surface area contributed by atoms with Crippen LogP contribution in [0.3, 0.4) is 0 Å². The standard InChI is InChI=1S/C24H25N3O/c1-15(2)27-17(4)14-26(24-20(27)9-7-13-25-24)22-16(3)11-12-19-18-8-5-6-10-21(18)28-23(19)22/h5-13,15,17H,14H2,1-4H3/t17-/m0/s1. The van der Waals surface area contributed by atoms with Crippen molar-refractivity contribution in [3.05, 3.63) is 60.3 Å². The third-order valence-corrected chi connectivity index (χ3v) is 5.77. The Bertz CT molecular complexity index is 1180. The highest BCUT2D eigenvalue weighted by Gasteiger charge is 2.33. The van der Waals surface area contributed by atoms with E-state index in [4.69, 9.17) is 9.40 Å². The minimum Gasteiger partial charge on any atom is -0.454 e. The molecule has 3 heterocycles. The second-order valence-corrected chi connectivity index (χ2v) is 8.01. The summed E-state index contributed by atoms with van der Waals surface area (Å²) in [7, 11) is 0. The number of hydrogen-bond acceptors (Lipinski definition) is 4. The lowest BCUT2D eigenvalue weighted by Gasteiger charge is -2.44. The minimum absolute atomic E-state index is 0.371. The molecule has 28 heavy (non-hydrogen) atoms. The van der Waals surface area contributed by atoms with E-state index in [-0.39, 0.29) is 0 Å². The zero-order valence-electron chi connectivity index (χ0n) is 16.8. The molecule has 1 aliphatic rings. The van der Waals surface area contributed by atoms with Crippen molar-refractivity contribution in [2.24, 2.45) is 0 Å². The van der Waals surface area contributed by atoms with Gasteiger partial charge >= 0.3 is 0 Å². The topological polar surface area (TPSA) is 32.5 Å². The summed E-state index contributed by atoms with van der Waals surface area (Å²) in [4.78, 5) is 9.60. The van der Waals surface area contributed by atoms with Crippen LogP contribution in [0, 0.1) is 6.92 Å². The lowest BCUT2D eigenvalue weighted by atomic mass is 10.0. The van der Waals surface area contributed by atoms with Gasteiger partial charge in [0.05, 0.1) is 11.4 Å². The van der Waals surface area contributed by atoms with Crippen molar-refractivity contribution in [1.29, 1.82) is 0 Å². The summed E-state index contributed by atoms with van der Waals surface area (Å²) in [6.07, 6.45) is 1.88. The molecule has 2 aromatic carbocycles. The van der Waals surface area contributed by atoms with Crippen molar-refractivity contribution in [1.82, 2.24) is 4.98 Å². The molecule has 4 heteroatoms. The average molecular weight is 371 g/mol. The molecule has 0 saturated carbocycles. The van der Waals surface area contributed by atoms with Crippen LogP contribution in [0.25, 0.3) is 21.9 Å². The lowest BCUT2D eigenvalue weighted by molar-refractivity contribution is 0.556. The van der Waals surface area contributed by atoms with Crippen molar-refractivity contribution in [3.8, 4) is 0 Å². The highest BCUT2D eigenvalue weighted by molar-refractivity contribution is 6.10. The van der Waals surface area contributed by atoms with Gasteiger partial charge < -0.3 is 14.2 Å². The second kappa shape index (κ2) is 6.26. The SMILES string of the molecule is Cc1ccc2c(oc3ccccc32)c1N1C[C@H](C)N(C(C)C)c2cccnc21. The van der Waals surface area contributed by atoms with E-state index in [1.807, 2.05) is 24.4 Å². The van der Waals surface area contributed by atoms with Crippen molar-refractivity contribution in [2.75, 3.05) is 16.3 Å². The third-order valence-electron chi connectivity index (χ3n) is 5.77. The number of aryl methyl sites for hydroxylation is 1. The molecule has 0 aliphatic carbocycles. The van der Waals surface area contributed by atoms with E-state index in [9.17, 15) is 0 Å². The number of anilines is 3. The molecule has 0 N–H and O–H groups in total.